The monoisotopic (exact) mass is 187 g/mol. The molecule has 0 saturated carbocycles. The van der Waals surface area contributed by atoms with Crippen LogP contribution in [0, 0.1) is 0 Å². The van der Waals surface area contributed by atoms with Crippen LogP contribution in [-0.2, 0) is 4.74 Å². The van der Waals surface area contributed by atoms with Crippen LogP contribution in [0.25, 0.3) is 0 Å². The molecular weight excluding hydrogens is 162 g/mol. The Morgan fingerprint density at radius 3 is 2.08 bits per heavy atom. The molecule has 0 unspecified atom stereocenters. The zero-order valence-electron chi connectivity index (χ0n) is 10.1. The van der Waals surface area contributed by atoms with Crippen molar-refractivity contribution >= 4 is 0 Å². The summed E-state index contributed by atoms with van der Waals surface area (Å²) in [7, 11) is 0. The van der Waals surface area contributed by atoms with Gasteiger partial charge in [0, 0.05) is 19.1 Å². The number of nitrogens with zero attached hydrogens (tertiary/aromatic N) is 1. The van der Waals surface area contributed by atoms with Crippen LogP contribution in [0.5, 0.6) is 0 Å². The van der Waals surface area contributed by atoms with Gasteiger partial charge in [-0.2, -0.15) is 0 Å². The van der Waals surface area contributed by atoms with Crippen LogP contribution in [0.2, 0.25) is 0 Å². The van der Waals surface area contributed by atoms with Gasteiger partial charge in [0.05, 0.1) is 12.2 Å². The van der Waals surface area contributed by atoms with E-state index in [1.807, 2.05) is 13.8 Å². The van der Waals surface area contributed by atoms with Crippen LogP contribution in [-0.4, -0.2) is 36.2 Å². The molecule has 0 radical (unpaired) electrons. The molecule has 80 valence electrons. The van der Waals surface area contributed by atoms with Crippen LogP contribution >= 0.6 is 0 Å². The van der Waals surface area contributed by atoms with Crippen molar-refractivity contribution < 1.29 is 4.74 Å². The summed E-state index contributed by atoms with van der Waals surface area (Å²) in [5, 5.41) is 0. The Kier molecular flexibility index (Phi) is 5.57. The lowest BCUT2D eigenvalue weighted by atomic mass is 10.1. The maximum atomic E-state index is 5.60. The lowest BCUT2D eigenvalue weighted by Gasteiger charge is -2.40. The molecule has 0 aromatic rings. The van der Waals surface area contributed by atoms with Gasteiger partial charge >= 0.3 is 0 Å². The summed E-state index contributed by atoms with van der Waals surface area (Å²) in [6, 6.07) is 0.651. The molecule has 0 N–H and O–H groups in total. The van der Waals surface area contributed by atoms with E-state index < -0.39 is 0 Å². The third-order valence-corrected chi connectivity index (χ3v) is 2.19. The fourth-order valence-electron chi connectivity index (χ4n) is 1.49. The maximum absolute atomic E-state index is 5.60. The topological polar surface area (TPSA) is 12.5 Å². The van der Waals surface area contributed by atoms with E-state index in [0.29, 0.717) is 6.04 Å². The number of hydrogen-bond acceptors (Lipinski definition) is 2. The van der Waals surface area contributed by atoms with Crippen molar-refractivity contribution in [3.63, 3.8) is 0 Å². The minimum atomic E-state index is 0.0581. The molecule has 1 heterocycles. The van der Waals surface area contributed by atoms with Crippen molar-refractivity contribution in [1.29, 1.82) is 0 Å². The van der Waals surface area contributed by atoms with E-state index in [1.54, 1.807) is 0 Å². The number of morpholine rings is 1. The van der Waals surface area contributed by atoms with Crippen LogP contribution in [0.15, 0.2) is 0 Å². The molecule has 0 atom stereocenters. The quantitative estimate of drug-likeness (QED) is 0.625. The molecule has 2 nitrogen and oxygen atoms in total. The first-order valence-corrected chi connectivity index (χ1v) is 5.39. The average molecular weight is 187 g/mol. The highest BCUT2D eigenvalue weighted by Crippen LogP contribution is 2.17. The molecule has 0 aromatic carbocycles. The summed E-state index contributed by atoms with van der Waals surface area (Å²) in [5.41, 5.74) is 0.0581. The first-order chi connectivity index (χ1) is 6.01. The molecule has 1 fully saturated rings. The first kappa shape index (κ1) is 12.9. The zero-order chi connectivity index (χ0) is 10.5. The van der Waals surface area contributed by atoms with Crippen molar-refractivity contribution in [2.75, 3.05) is 19.7 Å². The highest BCUT2D eigenvalue weighted by molar-refractivity contribution is 4.80. The molecule has 0 spiro atoms. The lowest BCUT2D eigenvalue weighted by Crippen LogP contribution is -2.50. The molecule has 1 aliphatic heterocycles. The Bertz CT molecular complexity index is 132. The molecule has 0 aliphatic carbocycles. The Labute approximate surface area is 83.3 Å². The standard InChI is InChI=1S/C9H19NO.C2H6/c1-8(2)10-5-6-11-9(3,4)7-10;1-2/h8H,5-7H2,1-4H3;1-2H3. The first-order valence-electron chi connectivity index (χ1n) is 5.39. The van der Waals surface area contributed by atoms with Crippen molar-refractivity contribution in [2.24, 2.45) is 0 Å². The second-order valence-electron chi connectivity index (χ2n) is 4.17. The van der Waals surface area contributed by atoms with Gasteiger partial charge in [0.15, 0.2) is 0 Å². The van der Waals surface area contributed by atoms with Gasteiger partial charge in [0.1, 0.15) is 0 Å². The third kappa shape index (κ3) is 4.63. The minimum Gasteiger partial charge on any atom is -0.373 e. The highest BCUT2D eigenvalue weighted by atomic mass is 16.5. The lowest BCUT2D eigenvalue weighted by molar-refractivity contribution is -0.0936. The van der Waals surface area contributed by atoms with E-state index in [4.69, 9.17) is 4.74 Å². The van der Waals surface area contributed by atoms with Crippen LogP contribution in [0.4, 0.5) is 0 Å². The summed E-state index contributed by atoms with van der Waals surface area (Å²) in [6.45, 7) is 15.8. The molecule has 1 aliphatic rings. The Balaban J connectivity index is 0.000000671. The van der Waals surface area contributed by atoms with Gasteiger partial charge in [-0.3, -0.25) is 4.90 Å². The van der Waals surface area contributed by atoms with Gasteiger partial charge in [0.25, 0.3) is 0 Å². The van der Waals surface area contributed by atoms with Crippen molar-refractivity contribution in [2.45, 2.75) is 53.2 Å². The Morgan fingerprint density at radius 1 is 1.23 bits per heavy atom. The van der Waals surface area contributed by atoms with Crippen LogP contribution in [0.1, 0.15) is 41.5 Å². The van der Waals surface area contributed by atoms with E-state index in [9.17, 15) is 0 Å². The fraction of sp³-hybridized carbons (Fsp3) is 1.00. The molecular formula is C11H25NO. The van der Waals surface area contributed by atoms with Gasteiger partial charge in [-0.1, -0.05) is 13.8 Å². The minimum absolute atomic E-state index is 0.0581. The molecule has 13 heavy (non-hydrogen) atoms. The molecule has 0 bridgehead atoms. The third-order valence-electron chi connectivity index (χ3n) is 2.19. The highest BCUT2D eigenvalue weighted by Gasteiger charge is 2.27. The summed E-state index contributed by atoms with van der Waals surface area (Å²) >= 11 is 0. The van der Waals surface area contributed by atoms with Gasteiger partial charge in [-0.25, -0.2) is 0 Å². The summed E-state index contributed by atoms with van der Waals surface area (Å²) in [5.74, 6) is 0. The Morgan fingerprint density at radius 2 is 1.77 bits per heavy atom. The number of rotatable bonds is 1. The normalized spacial score (nSPS) is 22.4. The second kappa shape index (κ2) is 5.61. The predicted molar refractivity (Wildman–Crippen MR) is 58.1 cm³/mol. The van der Waals surface area contributed by atoms with Crippen LogP contribution < -0.4 is 0 Å². The zero-order valence-corrected chi connectivity index (χ0v) is 10.1. The average Bonchev–Trinajstić information content (AvgIpc) is 2.06. The van der Waals surface area contributed by atoms with Gasteiger partial charge in [0.2, 0.25) is 0 Å². The maximum Gasteiger partial charge on any atom is 0.0753 e. The van der Waals surface area contributed by atoms with Gasteiger partial charge < -0.3 is 4.74 Å². The van der Waals surface area contributed by atoms with E-state index in [-0.39, 0.29) is 5.60 Å². The number of ether oxygens (including phenoxy) is 1. The van der Waals surface area contributed by atoms with E-state index in [1.165, 1.54) is 0 Å². The molecule has 0 amide bonds. The Hall–Kier alpha value is -0.0800. The molecule has 2 heteroatoms. The van der Waals surface area contributed by atoms with E-state index >= 15 is 0 Å². The van der Waals surface area contributed by atoms with Crippen molar-refractivity contribution in [1.82, 2.24) is 4.90 Å². The van der Waals surface area contributed by atoms with Crippen molar-refractivity contribution in [3.8, 4) is 0 Å². The van der Waals surface area contributed by atoms with Gasteiger partial charge in [-0.05, 0) is 27.7 Å². The predicted octanol–water partition coefficient (Wildman–Crippen LogP) is 2.53. The summed E-state index contributed by atoms with van der Waals surface area (Å²) in [6.07, 6.45) is 0. The second-order valence-corrected chi connectivity index (χ2v) is 4.17. The fourth-order valence-corrected chi connectivity index (χ4v) is 1.49. The largest absolute Gasteiger partial charge is 0.373 e. The summed E-state index contributed by atoms with van der Waals surface area (Å²) in [4.78, 5) is 2.46. The smallest absolute Gasteiger partial charge is 0.0753 e. The summed E-state index contributed by atoms with van der Waals surface area (Å²) < 4.78 is 5.60. The molecule has 1 saturated heterocycles. The van der Waals surface area contributed by atoms with Gasteiger partial charge in [-0.15, -0.1) is 0 Å². The van der Waals surface area contributed by atoms with E-state index in [2.05, 4.69) is 32.6 Å². The van der Waals surface area contributed by atoms with Crippen molar-refractivity contribution in [3.05, 3.63) is 0 Å². The van der Waals surface area contributed by atoms with Crippen LogP contribution in [0.3, 0.4) is 0 Å². The number of hydrogen-bond donors (Lipinski definition) is 0. The SMILES string of the molecule is CC.CC(C)N1CCOC(C)(C)C1. The molecule has 0 aromatic heterocycles. The molecule has 1 rings (SSSR count). The van der Waals surface area contributed by atoms with E-state index in [0.717, 1.165) is 19.7 Å².